The quantitative estimate of drug-likeness (QED) is 0.487. The van der Waals surface area contributed by atoms with Gasteiger partial charge in [-0.25, -0.2) is 4.68 Å². The Hall–Kier alpha value is -2.81. The van der Waals surface area contributed by atoms with Crippen molar-refractivity contribution in [3.8, 4) is 5.69 Å². The molecule has 2 aromatic carbocycles. The average Bonchev–Trinajstić information content (AvgIpc) is 3.20. The first-order valence-electron chi connectivity index (χ1n) is 12.0. The number of hydrogen-bond donors (Lipinski definition) is 1. The summed E-state index contributed by atoms with van der Waals surface area (Å²) in [4.78, 5) is 16.5. The number of hydrogen-bond acceptors (Lipinski definition) is 5. The van der Waals surface area contributed by atoms with Gasteiger partial charge in [0.25, 0.3) is 5.91 Å². The first kappa shape index (κ1) is 24.3. The number of nitrogens with zero attached hydrogens (tertiary/aromatic N) is 5. The van der Waals surface area contributed by atoms with Gasteiger partial charge in [0, 0.05) is 24.8 Å². The second-order valence-corrected chi connectivity index (χ2v) is 9.38. The minimum atomic E-state index is -0.0759. The first-order valence-corrected chi connectivity index (χ1v) is 12.4. The molecule has 1 fully saturated rings. The summed E-state index contributed by atoms with van der Waals surface area (Å²) < 4.78 is 4.75. The molecule has 4 rings (SSSR count). The normalized spacial score (nSPS) is 15.4. The molecule has 2 heterocycles. The highest BCUT2D eigenvalue weighted by Gasteiger charge is 2.25. The summed E-state index contributed by atoms with van der Waals surface area (Å²) in [5.41, 5.74) is 2.84. The van der Waals surface area contributed by atoms with Gasteiger partial charge >= 0.3 is 0 Å². The van der Waals surface area contributed by atoms with E-state index in [9.17, 15) is 4.79 Å². The van der Waals surface area contributed by atoms with Gasteiger partial charge in [-0.1, -0.05) is 36.8 Å². The maximum absolute atomic E-state index is 11.8. The Bertz CT molecular complexity index is 1150. The fraction of sp³-hybridized carbons (Fsp3) is 0.423. The predicted octanol–water partition coefficient (Wildman–Crippen LogP) is 4.40. The van der Waals surface area contributed by atoms with Crippen molar-refractivity contribution in [2.45, 2.75) is 45.4 Å². The van der Waals surface area contributed by atoms with E-state index in [2.05, 4.69) is 45.8 Å². The van der Waals surface area contributed by atoms with Crippen LogP contribution in [0.25, 0.3) is 5.69 Å². The lowest BCUT2D eigenvalue weighted by molar-refractivity contribution is 0.0963. The fourth-order valence-electron chi connectivity index (χ4n) is 4.57. The van der Waals surface area contributed by atoms with Crippen LogP contribution in [0, 0.1) is 4.77 Å². The van der Waals surface area contributed by atoms with E-state index >= 15 is 0 Å². The Labute approximate surface area is 207 Å². The highest BCUT2D eigenvalue weighted by Crippen LogP contribution is 2.26. The van der Waals surface area contributed by atoms with E-state index in [1.165, 1.54) is 19.3 Å². The lowest BCUT2D eigenvalue weighted by atomic mass is 10.1. The van der Waals surface area contributed by atoms with Gasteiger partial charge in [0.2, 0.25) is 4.77 Å². The SMILES string of the molecule is CNC(=O)c1ccc(CN(C)Cn2nc(C(C)N3CCCCC3)n(-c3ccccc3)c2=S)cc1. The molecule has 1 aliphatic rings. The number of aromatic nitrogens is 3. The van der Waals surface area contributed by atoms with Crippen LogP contribution in [0.4, 0.5) is 0 Å². The molecule has 1 saturated heterocycles. The van der Waals surface area contributed by atoms with Crippen molar-refractivity contribution < 1.29 is 4.79 Å². The molecule has 7 nitrogen and oxygen atoms in total. The third kappa shape index (κ3) is 5.46. The Balaban J connectivity index is 1.57. The maximum Gasteiger partial charge on any atom is 0.251 e. The van der Waals surface area contributed by atoms with Gasteiger partial charge in [0.1, 0.15) is 0 Å². The van der Waals surface area contributed by atoms with Crippen molar-refractivity contribution in [2.75, 3.05) is 27.2 Å². The van der Waals surface area contributed by atoms with E-state index in [4.69, 9.17) is 17.3 Å². The van der Waals surface area contributed by atoms with Gasteiger partial charge in [-0.3, -0.25) is 19.2 Å². The van der Waals surface area contributed by atoms with Gasteiger partial charge < -0.3 is 5.32 Å². The zero-order chi connectivity index (χ0) is 24.1. The fourth-order valence-corrected chi connectivity index (χ4v) is 4.87. The minimum Gasteiger partial charge on any atom is -0.355 e. The molecule has 0 radical (unpaired) electrons. The Morgan fingerprint density at radius 3 is 2.41 bits per heavy atom. The van der Waals surface area contributed by atoms with Gasteiger partial charge in [-0.2, -0.15) is 5.10 Å². The number of carbonyl (C=O) groups excluding carboxylic acids is 1. The van der Waals surface area contributed by atoms with Crippen LogP contribution in [-0.4, -0.2) is 57.2 Å². The van der Waals surface area contributed by atoms with Crippen molar-refractivity contribution in [2.24, 2.45) is 0 Å². The molecule has 1 N–H and O–H groups in total. The summed E-state index contributed by atoms with van der Waals surface area (Å²) in [6, 6.07) is 18.2. The van der Waals surface area contributed by atoms with Crippen molar-refractivity contribution in [3.63, 3.8) is 0 Å². The Morgan fingerprint density at radius 1 is 1.09 bits per heavy atom. The molecule has 1 atom stereocenters. The second-order valence-electron chi connectivity index (χ2n) is 9.02. The molecule has 0 spiro atoms. The summed E-state index contributed by atoms with van der Waals surface area (Å²) in [7, 11) is 3.70. The molecule has 0 saturated carbocycles. The number of para-hydroxylation sites is 1. The second kappa shape index (κ2) is 11.1. The van der Waals surface area contributed by atoms with E-state index < -0.39 is 0 Å². The Kier molecular flexibility index (Phi) is 7.92. The van der Waals surface area contributed by atoms with Crippen LogP contribution in [0.3, 0.4) is 0 Å². The summed E-state index contributed by atoms with van der Waals surface area (Å²) in [6.07, 6.45) is 3.77. The monoisotopic (exact) mass is 478 g/mol. The summed E-state index contributed by atoms with van der Waals surface area (Å²) in [5.74, 6) is 0.912. The minimum absolute atomic E-state index is 0.0759. The van der Waals surface area contributed by atoms with E-state index in [0.717, 1.165) is 36.7 Å². The van der Waals surface area contributed by atoms with Crippen LogP contribution >= 0.6 is 12.2 Å². The number of rotatable bonds is 8. The van der Waals surface area contributed by atoms with Crippen molar-refractivity contribution >= 4 is 18.1 Å². The third-order valence-electron chi connectivity index (χ3n) is 6.46. The van der Waals surface area contributed by atoms with E-state index in [-0.39, 0.29) is 11.9 Å². The number of nitrogens with one attached hydrogen (secondary N) is 1. The maximum atomic E-state index is 11.8. The van der Waals surface area contributed by atoms with E-state index in [0.29, 0.717) is 17.0 Å². The summed E-state index contributed by atoms with van der Waals surface area (Å²) >= 11 is 5.93. The van der Waals surface area contributed by atoms with Gasteiger partial charge in [-0.15, -0.1) is 0 Å². The van der Waals surface area contributed by atoms with Gasteiger partial charge in [0.05, 0.1) is 12.7 Å². The summed E-state index contributed by atoms with van der Waals surface area (Å²) in [5, 5.41) is 7.69. The van der Waals surface area contributed by atoms with E-state index in [1.54, 1.807) is 7.05 Å². The zero-order valence-electron chi connectivity index (χ0n) is 20.3. The number of piperidine rings is 1. The molecule has 8 heteroatoms. The van der Waals surface area contributed by atoms with Gasteiger partial charge in [-0.05, 0) is 81.9 Å². The molecule has 34 heavy (non-hydrogen) atoms. The van der Waals surface area contributed by atoms with Crippen molar-refractivity contribution in [1.82, 2.24) is 29.5 Å². The highest BCUT2D eigenvalue weighted by atomic mass is 32.1. The molecular weight excluding hydrogens is 444 g/mol. The lowest BCUT2D eigenvalue weighted by Gasteiger charge is -2.31. The van der Waals surface area contributed by atoms with Crippen molar-refractivity contribution in [3.05, 3.63) is 76.3 Å². The predicted molar refractivity (Wildman–Crippen MR) is 138 cm³/mol. The Morgan fingerprint density at radius 2 is 1.76 bits per heavy atom. The first-order chi connectivity index (χ1) is 16.5. The van der Waals surface area contributed by atoms with Crippen LogP contribution < -0.4 is 5.32 Å². The molecule has 1 unspecified atom stereocenters. The number of benzene rings is 2. The molecule has 1 aromatic heterocycles. The van der Waals surface area contributed by atoms with Crippen LogP contribution in [0.2, 0.25) is 0 Å². The van der Waals surface area contributed by atoms with E-state index in [1.807, 2.05) is 47.1 Å². The number of likely N-dealkylation sites (tertiary alicyclic amines) is 1. The van der Waals surface area contributed by atoms with Crippen LogP contribution in [0.5, 0.6) is 0 Å². The van der Waals surface area contributed by atoms with Gasteiger partial charge in [0.15, 0.2) is 5.82 Å². The molecular formula is C26H34N6OS. The zero-order valence-corrected chi connectivity index (χ0v) is 21.1. The highest BCUT2D eigenvalue weighted by molar-refractivity contribution is 7.71. The van der Waals surface area contributed by atoms with Crippen LogP contribution in [0.1, 0.15) is 54.0 Å². The molecule has 0 aliphatic carbocycles. The summed E-state index contributed by atoms with van der Waals surface area (Å²) in [6.45, 7) is 5.74. The largest absolute Gasteiger partial charge is 0.355 e. The van der Waals surface area contributed by atoms with Crippen molar-refractivity contribution in [1.29, 1.82) is 0 Å². The topological polar surface area (TPSA) is 58.3 Å². The molecule has 1 aliphatic heterocycles. The smallest absolute Gasteiger partial charge is 0.251 e. The molecule has 0 bridgehead atoms. The van der Waals surface area contributed by atoms with Crippen LogP contribution in [0.15, 0.2) is 54.6 Å². The van der Waals surface area contributed by atoms with Crippen LogP contribution in [-0.2, 0) is 13.2 Å². The molecule has 1 amide bonds. The average molecular weight is 479 g/mol. The molecule has 180 valence electrons. The lowest BCUT2D eigenvalue weighted by Crippen LogP contribution is -2.33. The number of carbonyl (C=O) groups is 1. The third-order valence-corrected chi connectivity index (χ3v) is 6.86. The standard InChI is InChI=1S/C26H34N6OS/c1-20(30-16-8-5-9-17-30)24-28-31(26(34)32(24)23-10-6-4-7-11-23)19-29(3)18-21-12-14-22(15-13-21)25(33)27-2/h4,6-7,10-15,20H,5,8-9,16-19H2,1-3H3,(H,27,33). The molecule has 3 aromatic rings. The number of amides is 1.